The molecule has 0 unspecified atom stereocenters. The van der Waals surface area contributed by atoms with Crippen molar-refractivity contribution < 1.29 is 4.21 Å². The van der Waals surface area contributed by atoms with E-state index in [0.717, 1.165) is 36.0 Å². The highest BCUT2D eigenvalue weighted by Gasteiger charge is 2.17. The quantitative estimate of drug-likeness (QED) is 0.732. The third kappa shape index (κ3) is 5.47. The minimum atomic E-state index is -0.590. The Bertz CT molecular complexity index is 234. The summed E-state index contributed by atoms with van der Waals surface area (Å²) in [6, 6.07) is 0.412. The van der Waals surface area contributed by atoms with E-state index in [1.807, 2.05) is 0 Å². The van der Waals surface area contributed by atoms with E-state index in [4.69, 9.17) is 12.2 Å². The van der Waals surface area contributed by atoms with Gasteiger partial charge in [0.15, 0.2) is 5.11 Å². The molecule has 1 aliphatic heterocycles. The molecule has 2 N–H and O–H groups in total. The van der Waals surface area contributed by atoms with E-state index < -0.39 is 10.8 Å². The Hall–Kier alpha value is -0.160. The first-order valence-corrected chi connectivity index (χ1v) is 7.37. The molecular formula is C10H20N2OS2. The van der Waals surface area contributed by atoms with Crippen LogP contribution in [-0.2, 0) is 10.8 Å². The molecule has 3 nitrogen and oxygen atoms in total. The van der Waals surface area contributed by atoms with E-state index in [2.05, 4.69) is 24.5 Å². The molecule has 0 radical (unpaired) electrons. The molecule has 5 heteroatoms. The summed E-state index contributed by atoms with van der Waals surface area (Å²) in [5.74, 6) is 2.22. The van der Waals surface area contributed by atoms with Gasteiger partial charge >= 0.3 is 0 Å². The van der Waals surface area contributed by atoms with Crippen LogP contribution in [0.15, 0.2) is 0 Å². The summed E-state index contributed by atoms with van der Waals surface area (Å²) < 4.78 is 11.1. The van der Waals surface area contributed by atoms with Crippen LogP contribution in [0.1, 0.15) is 26.7 Å². The van der Waals surface area contributed by atoms with Gasteiger partial charge in [-0.25, -0.2) is 0 Å². The van der Waals surface area contributed by atoms with E-state index in [9.17, 15) is 4.21 Å². The second-order valence-electron chi connectivity index (χ2n) is 4.37. The Morgan fingerprint density at radius 3 is 2.60 bits per heavy atom. The fraction of sp³-hybridized carbons (Fsp3) is 0.900. The second kappa shape index (κ2) is 6.43. The molecule has 0 aromatic carbocycles. The summed E-state index contributed by atoms with van der Waals surface area (Å²) >= 11 is 5.18. The van der Waals surface area contributed by atoms with Crippen LogP contribution < -0.4 is 10.6 Å². The van der Waals surface area contributed by atoms with Crippen LogP contribution in [0.4, 0.5) is 0 Å². The van der Waals surface area contributed by atoms with Gasteiger partial charge < -0.3 is 10.6 Å². The van der Waals surface area contributed by atoms with Crippen molar-refractivity contribution in [1.29, 1.82) is 0 Å². The fourth-order valence-corrected chi connectivity index (χ4v) is 3.02. The van der Waals surface area contributed by atoms with Gasteiger partial charge in [0.05, 0.1) is 0 Å². The highest BCUT2D eigenvalue weighted by atomic mass is 32.2. The van der Waals surface area contributed by atoms with Gasteiger partial charge in [-0.1, -0.05) is 13.8 Å². The summed E-state index contributed by atoms with van der Waals surface area (Å²) in [6.45, 7) is 5.21. The predicted octanol–water partition coefficient (Wildman–Crippen LogP) is 1.02. The lowest BCUT2D eigenvalue weighted by Crippen LogP contribution is -2.45. The molecule has 0 aromatic rings. The average molecular weight is 248 g/mol. The summed E-state index contributed by atoms with van der Waals surface area (Å²) in [4.78, 5) is 0. The van der Waals surface area contributed by atoms with Gasteiger partial charge in [0, 0.05) is 34.9 Å². The van der Waals surface area contributed by atoms with Crippen molar-refractivity contribution in [2.24, 2.45) is 5.92 Å². The van der Waals surface area contributed by atoms with Crippen molar-refractivity contribution in [2.45, 2.75) is 32.7 Å². The largest absolute Gasteiger partial charge is 0.362 e. The first-order chi connectivity index (χ1) is 7.08. The molecule has 1 fully saturated rings. The lowest BCUT2D eigenvalue weighted by atomic mass is 10.2. The minimum Gasteiger partial charge on any atom is -0.362 e. The van der Waals surface area contributed by atoms with Crippen LogP contribution >= 0.6 is 12.2 Å². The van der Waals surface area contributed by atoms with Gasteiger partial charge in [-0.05, 0) is 31.0 Å². The molecule has 1 aliphatic rings. The second-order valence-corrected chi connectivity index (χ2v) is 6.47. The molecule has 1 saturated heterocycles. The van der Waals surface area contributed by atoms with Crippen molar-refractivity contribution in [2.75, 3.05) is 18.1 Å². The van der Waals surface area contributed by atoms with Gasteiger partial charge in [-0.15, -0.1) is 0 Å². The number of thiocarbonyl (C=S) groups is 1. The van der Waals surface area contributed by atoms with E-state index in [1.165, 1.54) is 0 Å². The minimum absolute atomic E-state index is 0.412. The maximum Gasteiger partial charge on any atom is 0.166 e. The highest BCUT2D eigenvalue weighted by Crippen LogP contribution is 2.08. The molecule has 0 amide bonds. The molecule has 0 spiro atoms. The molecule has 1 rings (SSSR count). The lowest BCUT2D eigenvalue weighted by molar-refractivity contribution is 0.540. The Balaban J connectivity index is 2.17. The average Bonchev–Trinajstić information content (AvgIpc) is 2.19. The van der Waals surface area contributed by atoms with Crippen LogP contribution in [0.2, 0.25) is 0 Å². The normalized spacial score (nSPS) is 26.3. The SMILES string of the molecule is CC(C)CNC(=S)NC1CCS(=O)CC1. The summed E-state index contributed by atoms with van der Waals surface area (Å²) in [6.07, 6.45) is 1.94. The van der Waals surface area contributed by atoms with Crippen molar-refractivity contribution in [3.05, 3.63) is 0 Å². The third-order valence-electron chi connectivity index (χ3n) is 2.39. The van der Waals surface area contributed by atoms with E-state index in [0.29, 0.717) is 12.0 Å². The molecule has 0 aliphatic carbocycles. The standard InChI is InChI=1S/C10H20N2OS2/c1-8(2)7-11-10(14)12-9-3-5-15(13)6-4-9/h8-9H,3-7H2,1-2H3,(H2,11,12,14). The lowest BCUT2D eigenvalue weighted by Gasteiger charge is -2.24. The highest BCUT2D eigenvalue weighted by molar-refractivity contribution is 7.85. The van der Waals surface area contributed by atoms with E-state index in [-0.39, 0.29) is 0 Å². The predicted molar refractivity (Wildman–Crippen MR) is 69.5 cm³/mol. The topological polar surface area (TPSA) is 41.1 Å². The molecular weight excluding hydrogens is 228 g/mol. The molecule has 0 atom stereocenters. The van der Waals surface area contributed by atoms with Crippen molar-refractivity contribution in [3.63, 3.8) is 0 Å². The maximum atomic E-state index is 11.1. The van der Waals surface area contributed by atoms with Crippen LogP contribution in [0.25, 0.3) is 0 Å². The third-order valence-corrected chi connectivity index (χ3v) is 4.04. The van der Waals surface area contributed by atoms with Crippen LogP contribution in [0.3, 0.4) is 0 Å². The summed E-state index contributed by atoms with van der Waals surface area (Å²) in [5.41, 5.74) is 0. The Morgan fingerprint density at radius 1 is 1.47 bits per heavy atom. The number of hydrogen-bond donors (Lipinski definition) is 2. The van der Waals surface area contributed by atoms with E-state index in [1.54, 1.807) is 0 Å². The monoisotopic (exact) mass is 248 g/mol. The molecule has 1 heterocycles. The van der Waals surface area contributed by atoms with Crippen LogP contribution in [0, 0.1) is 5.92 Å². The van der Waals surface area contributed by atoms with E-state index >= 15 is 0 Å². The first-order valence-electron chi connectivity index (χ1n) is 5.47. The molecule has 15 heavy (non-hydrogen) atoms. The number of rotatable bonds is 3. The Kier molecular flexibility index (Phi) is 5.53. The smallest absolute Gasteiger partial charge is 0.166 e. The Labute approximate surface area is 99.9 Å². The molecule has 0 bridgehead atoms. The molecule has 88 valence electrons. The Morgan fingerprint density at radius 2 is 2.07 bits per heavy atom. The summed E-state index contributed by atoms with van der Waals surface area (Å²) in [5, 5.41) is 7.20. The van der Waals surface area contributed by atoms with Crippen LogP contribution in [-0.4, -0.2) is 33.4 Å². The zero-order chi connectivity index (χ0) is 11.3. The van der Waals surface area contributed by atoms with Gasteiger partial charge in [-0.3, -0.25) is 4.21 Å². The van der Waals surface area contributed by atoms with Gasteiger partial charge in [0.2, 0.25) is 0 Å². The maximum absolute atomic E-state index is 11.1. The number of hydrogen-bond acceptors (Lipinski definition) is 2. The van der Waals surface area contributed by atoms with Gasteiger partial charge in [-0.2, -0.15) is 0 Å². The van der Waals surface area contributed by atoms with Crippen LogP contribution in [0.5, 0.6) is 0 Å². The van der Waals surface area contributed by atoms with Crippen molar-refractivity contribution in [1.82, 2.24) is 10.6 Å². The van der Waals surface area contributed by atoms with Crippen molar-refractivity contribution >= 4 is 28.1 Å². The van der Waals surface area contributed by atoms with Gasteiger partial charge in [0.25, 0.3) is 0 Å². The van der Waals surface area contributed by atoms with Gasteiger partial charge in [0.1, 0.15) is 0 Å². The fourth-order valence-electron chi connectivity index (χ4n) is 1.47. The molecule has 0 aromatic heterocycles. The first kappa shape index (κ1) is 12.9. The number of nitrogens with one attached hydrogen (secondary N) is 2. The molecule has 0 saturated carbocycles. The van der Waals surface area contributed by atoms with Crippen molar-refractivity contribution in [3.8, 4) is 0 Å². The zero-order valence-electron chi connectivity index (χ0n) is 9.41. The summed E-state index contributed by atoms with van der Waals surface area (Å²) in [7, 11) is -0.590. The zero-order valence-corrected chi connectivity index (χ0v) is 11.0.